The highest BCUT2D eigenvalue weighted by molar-refractivity contribution is 7.53. The van der Waals surface area contributed by atoms with Crippen LogP contribution in [-0.2, 0) is 11.0 Å². The van der Waals surface area contributed by atoms with Crippen LogP contribution in [0.25, 0.3) is 0 Å². The molecule has 0 aliphatic heterocycles. The van der Waals surface area contributed by atoms with Crippen LogP contribution in [0.1, 0.15) is 19.4 Å². The maximum absolute atomic E-state index is 12.3. The standard InChI is InChI=1S/C17H21O4P/c1-14(2)17(22(18,19)20,13-15-9-5-3-6-10-15)21-16-11-7-4-8-12-16/h3-12,14H,13H2,1-2H3,(H2,18,19,20). The molecule has 2 aromatic carbocycles. The summed E-state index contributed by atoms with van der Waals surface area (Å²) in [6.45, 7) is 3.54. The highest BCUT2D eigenvalue weighted by atomic mass is 31.2. The summed E-state index contributed by atoms with van der Waals surface area (Å²) in [7, 11) is -4.52. The number of hydrogen-bond acceptors (Lipinski definition) is 2. The van der Waals surface area contributed by atoms with Crippen molar-refractivity contribution in [2.75, 3.05) is 0 Å². The molecule has 1 atom stereocenters. The maximum atomic E-state index is 12.3. The van der Waals surface area contributed by atoms with E-state index in [1.54, 1.807) is 38.1 Å². The predicted octanol–water partition coefficient (Wildman–Crippen LogP) is 3.84. The zero-order valence-corrected chi connectivity index (χ0v) is 13.6. The van der Waals surface area contributed by atoms with E-state index in [0.29, 0.717) is 5.75 Å². The highest BCUT2D eigenvalue weighted by Crippen LogP contribution is 2.56. The molecular formula is C17H21O4P. The summed E-state index contributed by atoms with van der Waals surface area (Å²) < 4.78 is 18.1. The van der Waals surface area contributed by atoms with Gasteiger partial charge in [-0.1, -0.05) is 62.4 Å². The molecule has 0 spiro atoms. The first-order valence-corrected chi connectivity index (χ1v) is 8.80. The fourth-order valence-corrected chi connectivity index (χ4v) is 3.72. The Hall–Kier alpha value is -1.61. The fraction of sp³-hybridized carbons (Fsp3) is 0.294. The first kappa shape index (κ1) is 16.8. The molecule has 5 heteroatoms. The molecule has 0 aliphatic carbocycles. The van der Waals surface area contributed by atoms with Crippen molar-refractivity contribution in [1.82, 2.24) is 0 Å². The third kappa shape index (κ3) is 3.58. The van der Waals surface area contributed by atoms with Crippen molar-refractivity contribution in [2.24, 2.45) is 5.92 Å². The maximum Gasteiger partial charge on any atom is 0.369 e. The van der Waals surface area contributed by atoms with Gasteiger partial charge in [0.25, 0.3) is 0 Å². The Bertz CT molecular complexity index is 593. The summed E-state index contributed by atoms with van der Waals surface area (Å²) in [5.41, 5.74) is 0.829. The van der Waals surface area contributed by atoms with E-state index in [9.17, 15) is 14.4 Å². The van der Waals surface area contributed by atoms with Gasteiger partial charge < -0.3 is 14.5 Å². The van der Waals surface area contributed by atoms with Crippen molar-refractivity contribution >= 4 is 7.60 Å². The monoisotopic (exact) mass is 320 g/mol. The minimum Gasteiger partial charge on any atom is -0.474 e. The Labute approximate surface area is 130 Å². The molecule has 0 aromatic heterocycles. The smallest absolute Gasteiger partial charge is 0.369 e. The van der Waals surface area contributed by atoms with Crippen LogP contribution < -0.4 is 4.74 Å². The second kappa shape index (κ2) is 6.66. The summed E-state index contributed by atoms with van der Waals surface area (Å²) in [5.74, 6) is 0.0872. The number of hydrogen-bond donors (Lipinski definition) is 2. The van der Waals surface area contributed by atoms with E-state index in [4.69, 9.17) is 4.74 Å². The molecule has 118 valence electrons. The average molecular weight is 320 g/mol. The number of benzene rings is 2. The van der Waals surface area contributed by atoms with Crippen molar-refractivity contribution in [2.45, 2.75) is 25.6 Å². The molecule has 0 saturated carbocycles. The topological polar surface area (TPSA) is 66.8 Å². The molecule has 22 heavy (non-hydrogen) atoms. The highest BCUT2D eigenvalue weighted by Gasteiger charge is 2.52. The van der Waals surface area contributed by atoms with Crippen LogP contribution in [0.4, 0.5) is 0 Å². The number of rotatable bonds is 6. The molecule has 0 saturated heterocycles. The molecule has 2 aromatic rings. The third-order valence-electron chi connectivity index (χ3n) is 3.73. The van der Waals surface area contributed by atoms with Gasteiger partial charge in [0, 0.05) is 12.3 Å². The van der Waals surface area contributed by atoms with Gasteiger partial charge in [0.15, 0.2) is 0 Å². The largest absolute Gasteiger partial charge is 0.474 e. The van der Waals surface area contributed by atoms with Gasteiger partial charge in [-0.3, -0.25) is 4.57 Å². The van der Waals surface area contributed by atoms with Gasteiger partial charge in [-0.15, -0.1) is 0 Å². The number of ether oxygens (including phenoxy) is 1. The lowest BCUT2D eigenvalue weighted by atomic mass is 9.98. The molecule has 2 N–H and O–H groups in total. The van der Waals surface area contributed by atoms with Crippen LogP contribution in [0.3, 0.4) is 0 Å². The molecular weight excluding hydrogens is 299 g/mol. The van der Waals surface area contributed by atoms with E-state index in [0.717, 1.165) is 5.56 Å². The summed E-state index contributed by atoms with van der Waals surface area (Å²) in [5, 5.41) is -1.59. The second-order valence-corrected chi connectivity index (χ2v) is 7.47. The molecule has 0 aliphatic rings. The van der Waals surface area contributed by atoms with Crippen molar-refractivity contribution in [3.8, 4) is 5.75 Å². The molecule has 0 amide bonds. The Morgan fingerprint density at radius 3 is 1.95 bits per heavy atom. The van der Waals surface area contributed by atoms with E-state index in [-0.39, 0.29) is 12.3 Å². The second-order valence-electron chi connectivity index (χ2n) is 5.62. The summed E-state index contributed by atoms with van der Waals surface area (Å²) >= 11 is 0. The van der Waals surface area contributed by atoms with Crippen molar-refractivity contribution in [3.63, 3.8) is 0 Å². The lowest BCUT2D eigenvalue weighted by molar-refractivity contribution is 0.0728. The van der Waals surface area contributed by atoms with E-state index < -0.39 is 12.9 Å². The first-order chi connectivity index (χ1) is 10.3. The summed E-state index contributed by atoms with van der Waals surface area (Å²) in [6, 6.07) is 18.1. The van der Waals surface area contributed by atoms with E-state index >= 15 is 0 Å². The molecule has 1 unspecified atom stereocenters. The van der Waals surface area contributed by atoms with Crippen molar-refractivity contribution in [1.29, 1.82) is 0 Å². The quantitative estimate of drug-likeness (QED) is 0.794. The van der Waals surface area contributed by atoms with E-state index in [1.165, 1.54) is 0 Å². The Morgan fingerprint density at radius 2 is 1.50 bits per heavy atom. The number of para-hydroxylation sites is 1. The Morgan fingerprint density at radius 1 is 1.00 bits per heavy atom. The third-order valence-corrected chi connectivity index (χ3v) is 5.49. The summed E-state index contributed by atoms with van der Waals surface area (Å²) in [6.07, 6.45) is 0.144. The SMILES string of the molecule is CC(C)C(Cc1ccccc1)(Oc1ccccc1)P(=O)(O)O. The predicted molar refractivity (Wildman–Crippen MR) is 86.8 cm³/mol. The molecule has 0 radical (unpaired) electrons. The minimum absolute atomic E-state index is 0.144. The van der Waals surface area contributed by atoms with Gasteiger partial charge in [-0.2, -0.15) is 0 Å². The lowest BCUT2D eigenvalue weighted by Crippen LogP contribution is -2.43. The van der Waals surface area contributed by atoms with Gasteiger partial charge in [-0.25, -0.2) is 0 Å². The van der Waals surface area contributed by atoms with Gasteiger partial charge in [-0.05, 0) is 17.7 Å². The lowest BCUT2D eigenvalue weighted by Gasteiger charge is -2.38. The van der Waals surface area contributed by atoms with Crippen molar-refractivity contribution in [3.05, 3.63) is 66.2 Å². The molecule has 0 bridgehead atoms. The normalized spacial score (nSPS) is 14.6. The Balaban J connectivity index is 2.45. The van der Waals surface area contributed by atoms with Crippen LogP contribution in [-0.4, -0.2) is 15.1 Å². The molecule has 2 rings (SSSR count). The van der Waals surface area contributed by atoms with Crippen molar-refractivity contribution < 1.29 is 19.1 Å². The molecule has 0 fully saturated rings. The average Bonchev–Trinajstić information content (AvgIpc) is 2.47. The summed E-state index contributed by atoms with van der Waals surface area (Å²) in [4.78, 5) is 20.0. The zero-order chi connectivity index (χ0) is 16.2. The minimum atomic E-state index is -4.52. The van der Waals surface area contributed by atoms with E-state index in [2.05, 4.69) is 0 Å². The van der Waals surface area contributed by atoms with E-state index in [1.807, 2.05) is 36.4 Å². The first-order valence-electron chi connectivity index (χ1n) is 7.19. The van der Waals surface area contributed by atoms with Gasteiger partial charge in [0.05, 0.1) is 0 Å². The van der Waals surface area contributed by atoms with Crippen LogP contribution in [0, 0.1) is 5.92 Å². The van der Waals surface area contributed by atoms with Gasteiger partial charge >= 0.3 is 7.60 Å². The Kier molecular flexibility index (Phi) is 5.07. The van der Waals surface area contributed by atoms with Crippen LogP contribution in [0.2, 0.25) is 0 Å². The van der Waals surface area contributed by atoms with Gasteiger partial charge in [0.1, 0.15) is 5.75 Å². The van der Waals surface area contributed by atoms with Crippen LogP contribution in [0.5, 0.6) is 5.75 Å². The van der Waals surface area contributed by atoms with Gasteiger partial charge in [0.2, 0.25) is 5.34 Å². The molecule has 0 heterocycles. The van der Waals surface area contributed by atoms with Crippen LogP contribution in [0.15, 0.2) is 60.7 Å². The molecule has 4 nitrogen and oxygen atoms in total. The fourth-order valence-electron chi connectivity index (χ4n) is 2.44. The zero-order valence-electron chi connectivity index (χ0n) is 12.7. The van der Waals surface area contributed by atoms with Crippen LogP contribution >= 0.6 is 7.60 Å².